The molecule has 0 aliphatic rings. The summed E-state index contributed by atoms with van der Waals surface area (Å²) in [6.45, 7) is -0.859. The normalized spacial score (nSPS) is 12.0. The van der Waals surface area contributed by atoms with E-state index in [4.69, 9.17) is 5.73 Å². The second kappa shape index (κ2) is 5.09. The van der Waals surface area contributed by atoms with Crippen LogP contribution < -0.4 is 5.73 Å². The SMILES string of the molecule is Cl.N[C@H](CF)c1ccc(F)cc1F. The average Bonchev–Trinajstić information content (AvgIpc) is 2.03. The monoisotopic (exact) mass is 211 g/mol. The summed E-state index contributed by atoms with van der Waals surface area (Å²) in [5.74, 6) is -1.50. The van der Waals surface area contributed by atoms with E-state index in [9.17, 15) is 13.2 Å². The summed E-state index contributed by atoms with van der Waals surface area (Å²) in [4.78, 5) is 0. The third-order valence-corrected chi connectivity index (χ3v) is 1.53. The summed E-state index contributed by atoms with van der Waals surface area (Å²) in [6.07, 6.45) is 0. The van der Waals surface area contributed by atoms with Gasteiger partial charge in [0.2, 0.25) is 0 Å². The average molecular weight is 212 g/mol. The van der Waals surface area contributed by atoms with E-state index in [-0.39, 0.29) is 18.0 Å². The molecule has 1 rings (SSSR count). The minimum atomic E-state index is -1.01. The highest BCUT2D eigenvalue weighted by molar-refractivity contribution is 5.85. The van der Waals surface area contributed by atoms with Crippen LogP contribution in [0.3, 0.4) is 0 Å². The number of alkyl halides is 1. The Kier molecular flexibility index (Phi) is 4.80. The summed E-state index contributed by atoms with van der Waals surface area (Å²) in [6, 6.07) is 1.87. The molecule has 13 heavy (non-hydrogen) atoms. The van der Waals surface area contributed by atoms with Gasteiger partial charge in [-0.2, -0.15) is 0 Å². The largest absolute Gasteiger partial charge is 0.322 e. The van der Waals surface area contributed by atoms with Crippen LogP contribution in [0.25, 0.3) is 0 Å². The molecule has 1 atom stereocenters. The Morgan fingerprint density at radius 2 is 1.92 bits per heavy atom. The highest BCUT2D eigenvalue weighted by Gasteiger charge is 2.10. The first-order valence-corrected chi connectivity index (χ1v) is 3.41. The molecule has 0 radical (unpaired) electrons. The molecule has 0 aromatic heterocycles. The molecule has 0 aliphatic heterocycles. The maximum absolute atomic E-state index is 12.8. The molecule has 0 saturated carbocycles. The van der Waals surface area contributed by atoms with Crippen molar-refractivity contribution in [2.24, 2.45) is 5.73 Å². The zero-order chi connectivity index (χ0) is 9.14. The zero-order valence-corrected chi connectivity index (χ0v) is 7.45. The van der Waals surface area contributed by atoms with Crippen LogP contribution >= 0.6 is 12.4 Å². The van der Waals surface area contributed by atoms with Gasteiger partial charge in [-0.15, -0.1) is 12.4 Å². The standard InChI is InChI=1S/C8H8F3N.ClH/c9-4-8(12)6-2-1-5(10)3-7(6)11;/h1-3,8H,4,12H2;1H/t8-;/m1./s1. The third-order valence-electron chi connectivity index (χ3n) is 1.53. The Bertz CT molecular complexity index is 280. The lowest BCUT2D eigenvalue weighted by Gasteiger charge is -2.07. The summed E-state index contributed by atoms with van der Waals surface area (Å²) in [7, 11) is 0. The van der Waals surface area contributed by atoms with Crippen LogP contribution in [-0.2, 0) is 0 Å². The summed E-state index contributed by atoms with van der Waals surface area (Å²) in [5.41, 5.74) is 5.21. The fourth-order valence-electron chi connectivity index (χ4n) is 0.885. The molecule has 1 aromatic carbocycles. The van der Waals surface area contributed by atoms with Crippen LogP contribution in [0.4, 0.5) is 13.2 Å². The number of hydrogen-bond donors (Lipinski definition) is 1. The molecule has 0 heterocycles. The lowest BCUT2D eigenvalue weighted by atomic mass is 10.1. The molecular formula is C8H9ClF3N. The Balaban J connectivity index is 0.00000144. The van der Waals surface area contributed by atoms with Gasteiger partial charge in [0.1, 0.15) is 18.3 Å². The maximum Gasteiger partial charge on any atom is 0.130 e. The molecule has 0 fully saturated rings. The number of benzene rings is 1. The quantitative estimate of drug-likeness (QED) is 0.799. The molecular weight excluding hydrogens is 203 g/mol. The second-order valence-corrected chi connectivity index (χ2v) is 2.43. The number of nitrogens with two attached hydrogens (primary N) is 1. The summed E-state index contributed by atoms with van der Waals surface area (Å²) < 4.78 is 37.1. The smallest absolute Gasteiger partial charge is 0.130 e. The van der Waals surface area contributed by atoms with E-state index < -0.39 is 24.4 Å². The fourth-order valence-corrected chi connectivity index (χ4v) is 0.885. The first kappa shape index (κ1) is 12.3. The summed E-state index contributed by atoms with van der Waals surface area (Å²) >= 11 is 0. The van der Waals surface area contributed by atoms with E-state index in [0.717, 1.165) is 12.1 Å². The van der Waals surface area contributed by atoms with Gasteiger partial charge in [0.05, 0.1) is 6.04 Å². The highest BCUT2D eigenvalue weighted by Crippen LogP contribution is 2.16. The Labute approximate surface area is 80.2 Å². The molecule has 2 N–H and O–H groups in total. The van der Waals surface area contributed by atoms with Crippen molar-refractivity contribution < 1.29 is 13.2 Å². The van der Waals surface area contributed by atoms with Gasteiger partial charge in [0.15, 0.2) is 0 Å². The second-order valence-electron chi connectivity index (χ2n) is 2.43. The van der Waals surface area contributed by atoms with E-state index in [1.807, 2.05) is 0 Å². The van der Waals surface area contributed by atoms with Gasteiger partial charge in [-0.25, -0.2) is 13.2 Å². The van der Waals surface area contributed by atoms with Gasteiger partial charge in [0.25, 0.3) is 0 Å². The van der Waals surface area contributed by atoms with Crippen LogP contribution in [-0.4, -0.2) is 6.67 Å². The number of rotatable bonds is 2. The van der Waals surface area contributed by atoms with Crippen molar-refractivity contribution in [2.45, 2.75) is 6.04 Å². The van der Waals surface area contributed by atoms with Crippen LogP contribution in [0.2, 0.25) is 0 Å². The first-order valence-electron chi connectivity index (χ1n) is 3.41. The van der Waals surface area contributed by atoms with Gasteiger partial charge in [-0.05, 0) is 6.07 Å². The van der Waals surface area contributed by atoms with Crippen molar-refractivity contribution in [3.05, 3.63) is 35.4 Å². The van der Waals surface area contributed by atoms with Crippen molar-refractivity contribution in [3.8, 4) is 0 Å². The fraction of sp³-hybridized carbons (Fsp3) is 0.250. The molecule has 0 spiro atoms. The lowest BCUT2D eigenvalue weighted by Crippen LogP contribution is -2.13. The predicted molar refractivity (Wildman–Crippen MR) is 46.5 cm³/mol. The van der Waals surface area contributed by atoms with Gasteiger partial charge >= 0.3 is 0 Å². The van der Waals surface area contributed by atoms with Crippen LogP contribution in [0.1, 0.15) is 11.6 Å². The maximum atomic E-state index is 12.8. The molecule has 5 heteroatoms. The van der Waals surface area contributed by atoms with Gasteiger partial charge in [-0.3, -0.25) is 0 Å². The molecule has 0 aliphatic carbocycles. The van der Waals surface area contributed by atoms with E-state index >= 15 is 0 Å². The Morgan fingerprint density at radius 1 is 1.31 bits per heavy atom. The molecule has 0 amide bonds. The number of hydrogen-bond acceptors (Lipinski definition) is 1. The molecule has 1 nitrogen and oxygen atoms in total. The highest BCUT2D eigenvalue weighted by atomic mass is 35.5. The minimum absolute atomic E-state index is 0. The van der Waals surface area contributed by atoms with Crippen molar-refractivity contribution >= 4 is 12.4 Å². The number of halogens is 4. The van der Waals surface area contributed by atoms with E-state index in [1.165, 1.54) is 0 Å². The zero-order valence-electron chi connectivity index (χ0n) is 6.64. The molecule has 74 valence electrons. The predicted octanol–water partition coefficient (Wildman–Crippen LogP) is 2.36. The van der Waals surface area contributed by atoms with Crippen molar-refractivity contribution in [2.75, 3.05) is 6.67 Å². The first-order chi connectivity index (χ1) is 5.65. The Morgan fingerprint density at radius 3 is 2.38 bits per heavy atom. The molecule has 0 unspecified atom stereocenters. The molecule has 1 aromatic rings. The summed E-state index contributed by atoms with van der Waals surface area (Å²) in [5, 5.41) is 0. The van der Waals surface area contributed by atoms with E-state index in [1.54, 1.807) is 0 Å². The topological polar surface area (TPSA) is 26.0 Å². The Hall–Kier alpha value is -0.740. The van der Waals surface area contributed by atoms with Gasteiger partial charge < -0.3 is 5.73 Å². The van der Waals surface area contributed by atoms with Gasteiger partial charge in [0, 0.05) is 11.6 Å². The van der Waals surface area contributed by atoms with E-state index in [2.05, 4.69) is 0 Å². The van der Waals surface area contributed by atoms with Crippen LogP contribution in [0, 0.1) is 11.6 Å². The lowest BCUT2D eigenvalue weighted by molar-refractivity contribution is 0.425. The van der Waals surface area contributed by atoms with Crippen LogP contribution in [0.5, 0.6) is 0 Å². The van der Waals surface area contributed by atoms with Gasteiger partial charge in [-0.1, -0.05) is 6.07 Å². The van der Waals surface area contributed by atoms with Crippen molar-refractivity contribution in [1.29, 1.82) is 0 Å². The van der Waals surface area contributed by atoms with Crippen LogP contribution in [0.15, 0.2) is 18.2 Å². The molecule has 0 saturated heterocycles. The van der Waals surface area contributed by atoms with Crippen molar-refractivity contribution in [1.82, 2.24) is 0 Å². The molecule has 0 bridgehead atoms. The minimum Gasteiger partial charge on any atom is -0.322 e. The third kappa shape index (κ3) is 2.90. The van der Waals surface area contributed by atoms with E-state index in [0.29, 0.717) is 6.07 Å². The van der Waals surface area contributed by atoms with Crippen molar-refractivity contribution in [3.63, 3.8) is 0 Å².